The molecule has 0 aromatic carbocycles. The molecule has 40 valence electrons. The highest BCUT2D eigenvalue weighted by atomic mass is 15.3. The molecule has 0 N–H and O–H groups in total. The van der Waals surface area contributed by atoms with Gasteiger partial charge in [-0.1, -0.05) is 0 Å². The number of hydrogen-bond acceptors (Lipinski definition) is 3. The van der Waals surface area contributed by atoms with Crippen LogP contribution in [0.3, 0.4) is 0 Å². The van der Waals surface area contributed by atoms with Gasteiger partial charge in [0.2, 0.25) is 6.19 Å². The van der Waals surface area contributed by atoms with Crippen LogP contribution in [0.2, 0.25) is 0 Å². The summed E-state index contributed by atoms with van der Waals surface area (Å²) in [5, 5.41) is 11.8. The summed E-state index contributed by atoms with van der Waals surface area (Å²) in [6.07, 6.45) is 3.16. The van der Waals surface area contributed by atoms with E-state index in [1.165, 1.54) is 6.33 Å². The average molecular weight is 108 g/mol. The number of rotatable bonds is 0. The zero-order chi connectivity index (χ0) is 5.98. The molecule has 4 heteroatoms. The molecule has 0 saturated heterocycles. The smallest absolute Gasteiger partial charge is 0.207 e. The topological polar surface area (TPSA) is 54.5 Å². The van der Waals surface area contributed by atoms with Gasteiger partial charge in [-0.2, -0.15) is 9.94 Å². The van der Waals surface area contributed by atoms with Crippen molar-refractivity contribution in [1.82, 2.24) is 14.8 Å². The van der Waals surface area contributed by atoms with Crippen LogP contribution >= 0.6 is 0 Å². The van der Waals surface area contributed by atoms with Crippen molar-refractivity contribution in [2.75, 3.05) is 0 Å². The van der Waals surface area contributed by atoms with E-state index < -0.39 is 0 Å². The van der Waals surface area contributed by atoms with Crippen LogP contribution in [0.5, 0.6) is 0 Å². The quantitative estimate of drug-likeness (QED) is 0.467. The Morgan fingerprint density at radius 1 is 1.88 bits per heavy atom. The van der Waals surface area contributed by atoms with Crippen molar-refractivity contribution in [3.8, 4) is 6.19 Å². The summed E-state index contributed by atoms with van der Waals surface area (Å²) >= 11 is 0. The van der Waals surface area contributed by atoms with Crippen molar-refractivity contribution in [1.29, 1.82) is 5.26 Å². The van der Waals surface area contributed by atoms with Crippen molar-refractivity contribution in [3.05, 3.63) is 12.2 Å². The van der Waals surface area contributed by atoms with E-state index in [9.17, 15) is 0 Å². The largest absolute Gasteiger partial charge is 0.219 e. The van der Waals surface area contributed by atoms with Gasteiger partial charge in [-0.3, -0.25) is 0 Å². The molecule has 0 saturated carbocycles. The van der Waals surface area contributed by atoms with Gasteiger partial charge in [0.1, 0.15) is 12.2 Å². The molecule has 0 radical (unpaired) electrons. The maximum Gasteiger partial charge on any atom is 0.207 e. The first-order chi connectivity index (χ1) is 3.83. The van der Waals surface area contributed by atoms with Gasteiger partial charge in [0.25, 0.3) is 0 Å². The van der Waals surface area contributed by atoms with Gasteiger partial charge in [0.15, 0.2) is 0 Å². The van der Waals surface area contributed by atoms with Crippen LogP contribution in [0, 0.1) is 18.4 Å². The average Bonchev–Trinajstić information content (AvgIpc) is 2.14. The molecule has 0 unspecified atom stereocenters. The van der Waals surface area contributed by atoms with E-state index in [2.05, 4.69) is 10.1 Å². The second-order valence-corrected chi connectivity index (χ2v) is 1.34. The van der Waals surface area contributed by atoms with Crippen molar-refractivity contribution in [3.63, 3.8) is 0 Å². The first-order valence-electron chi connectivity index (χ1n) is 2.11. The summed E-state index contributed by atoms with van der Waals surface area (Å²) in [6.45, 7) is 1.73. The minimum atomic E-state index is 0.617. The maximum atomic E-state index is 8.16. The fourth-order valence-corrected chi connectivity index (χ4v) is 0.394. The Labute approximate surface area is 46.4 Å². The summed E-state index contributed by atoms with van der Waals surface area (Å²) in [4.78, 5) is 3.72. The third-order valence-corrected chi connectivity index (χ3v) is 0.709. The molecule has 0 atom stereocenters. The van der Waals surface area contributed by atoms with Gasteiger partial charge in [0, 0.05) is 0 Å². The Kier molecular flexibility index (Phi) is 0.968. The number of hydrogen-bond donors (Lipinski definition) is 0. The van der Waals surface area contributed by atoms with E-state index in [-0.39, 0.29) is 0 Å². The van der Waals surface area contributed by atoms with Crippen molar-refractivity contribution < 1.29 is 0 Å². The van der Waals surface area contributed by atoms with Crippen LogP contribution in [0.4, 0.5) is 0 Å². The van der Waals surface area contributed by atoms with E-state index in [1.54, 1.807) is 13.1 Å². The Hall–Kier alpha value is -1.37. The number of nitrogens with zero attached hydrogens (tertiary/aromatic N) is 4. The molecule has 1 aromatic heterocycles. The van der Waals surface area contributed by atoms with Crippen LogP contribution in [-0.2, 0) is 0 Å². The highest BCUT2D eigenvalue weighted by Gasteiger charge is 1.88. The van der Waals surface area contributed by atoms with Gasteiger partial charge in [-0.05, 0) is 6.92 Å². The van der Waals surface area contributed by atoms with Gasteiger partial charge in [0.05, 0.1) is 0 Å². The van der Waals surface area contributed by atoms with Gasteiger partial charge in [-0.25, -0.2) is 4.98 Å². The summed E-state index contributed by atoms with van der Waals surface area (Å²) in [7, 11) is 0. The molecule has 1 aromatic rings. The molecule has 0 amide bonds. The number of aryl methyl sites for hydroxylation is 1. The lowest BCUT2D eigenvalue weighted by Gasteiger charge is -1.72. The SMILES string of the molecule is Cc1ncn(C#N)n1. The Bertz CT molecular complexity index is 218. The lowest BCUT2D eigenvalue weighted by molar-refractivity contribution is 0.878. The molecular formula is C4H4N4. The molecule has 0 bridgehead atoms. The Morgan fingerprint density at radius 3 is 2.88 bits per heavy atom. The van der Waals surface area contributed by atoms with Crippen LogP contribution in [0.1, 0.15) is 5.82 Å². The molecule has 0 spiro atoms. The molecule has 1 heterocycles. The summed E-state index contributed by atoms with van der Waals surface area (Å²) in [6, 6.07) is 0. The van der Waals surface area contributed by atoms with Crippen LogP contribution in [-0.4, -0.2) is 14.8 Å². The maximum absolute atomic E-state index is 8.16. The van der Waals surface area contributed by atoms with E-state index in [4.69, 9.17) is 5.26 Å². The molecule has 8 heavy (non-hydrogen) atoms. The molecule has 1 rings (SSSR count). The van der Waals surface area contributed by atoms with Crippen LogP contribution in [0.15, 0.2) is 6.33 Å². The van der Waals surface area contributed by atoms with E-state index in [1.807, 2.05) is 0 Å². The number of aromatic nitrogens is 3. The van der Waals surface area contributed by atoms with E-state index in [0.717, 1.165) is 4.68 Å². The van der Waals surface area contributed by atoms with E-state index >= 15 is 0 Å². The van der Waals surface area contributed by atoms with Crippen molar-refractivity contribution in [2.45, 2.75) is 6.92 Å². The molecule has 4 nitrogen and oxygen atoms in total. The van der Waals surface area contributed by atoms with Crippen LogP contribution < -0.4 is 0 Å². The Morgan fingerprint density at radius 2 is 2.62 bits per heavy atom. The predicted molar refractivity (Wildman–Crippen MR) is 25.8 cm³/mol. The fourth-order valence-electron chi connectivity index (χ4n) is 0.394. The highest BCUT2D eigenvalue weighted by Crippen LogP contribution is 1.80. The lowest BCUT2D eigenvalue weighted by atomic mass is 10.8. The molecule has 0 aliphatic heterocycles. The molecule has 0 aliphatic rings. The molecule has 0 aliphatic carbocycles. The second kappa shape index (κ2) is 1.62. The van der Waals surface area contributed by atoms with Gasteiger partial charge >= 0.3 is 0 Å². The molecular weight excluding hydrogens is 104 g/mol. The minimum Gasteiger partial charge on any atom is -0.219 e. The molecule has 0 fully saturated rings. The number of nitriles is 1. The summed E-state index contributed by atoms with van der Waals surface area (Å²) in [5.74, 6) is 0.617. The normalized spacial score (nSPS) is 8.50. The summed E-state index contributed by atoms with van der Waals surface area (Å²) < 4.78 is 1.11. The van der Waals surface area contributed by atoms with Crippen molar-refractivity contribution in [2.24, 2.45) is 0 Å². The second-order valence-electron chi connectivity index (χ2n) is 1.34. The highest BCUT2D eigenvalue weighted by molar-refractivity contribution is 4.82. The lowest BCUT2D eigenvalue weighted by Crippen LogP contribution is -1.86. The first-order valence-corrected chi connectivity index (χ1v) is 2.11. The third-order valence-electron chi connectivity index (χ3n) is 0.709. The van der Waals surface area contributed by atoms with Crippen molar-refractivity contribution >= 4 is 0 Å². The first kappa shape index (κ1) is 4.78. The zero-order valence-corrected chi connectivity index (χ0v) is 4.37. The minimum absolute atomic E-state index is 0.617. The summed E-state index contributed by atoms with van der Waals surface area (Å²) in [5.41, 5.74) is 0. The monoisotopic (exact) mass is 108 g/mol. The Balaban J connectivity index is 3.05. The zero-order valence-electron chi connectivity index (χ0n) is 4.37. The standard InChI is InChI=1S/C4H4N4/c1-4-6-3-8(2-5)7-4/h3H,1H3. The predicted octanol–water partition coefficient (Wildman–Crippen LogP) is -0.0843. The fraction of sp³-hybridized carbons (Fsp3) is 0.250. The van der Waals surface area contributed by atoms with E-state index in [0.29, 0.717) is 5.82 Å². The van der Waals surface area contributed by atoms with Gasteiger partial charge in [-0.15, -0.1) is 5.10 Å². The van der Waals surface area contributed by atoms with Crippen LogP contribution in [0.25, 0.3) is 0 Å². The third kappa shape index (κ3) is 0.658. The van der Waals surface area contributed by atoms with Gasteiger partial charge < -0.3 is 0 Å².